The van der Waals surface area contributed by atoms with Crippen LogP contribution in [0.5, 0.6) is 0 Å². The maximum Gasteiger partial charge on any atom is 0.340 e. The van der Waals surface area contributed by atoms with Crippen molar-refractivity contribution in [2.75, 3.05) is 6.61 Å². The van der Waals surface area contributed by atoms with Crippen molar-refractivity contribution >= 4 is 28.7 Å². The third kappa shape index (κ3) is 1.37. The number of hydrogen-bond acceptors (Lipinski definition) is 6. The first-order chi connectivity index (χ1) is 8.31. The minimum atomic E-state index is -0.398. The van der Waals surface area contributed by atoms with Gasteiger partial charge >= 0.3 is 5.97 Å². The minimum absolute atomic E-state index is 0.326. The second-order valence-electron chi connectivity index (χ2n) is 3.46. The van der Waals surface area contributed by atoms with Gasteiger partial charge in [0.05, 0.1) is 29.0 Å². The molecule has 0 saturated heterocycles. The van der Waals surface area contributed by atoms with Crippen LogP contribution in [0, 0.1) is 0 Å². The summed E-state index contributed by atoms with van der Waals surface area (Å²) in [5.41, 5.74) is 2.16. The molecule has 0 fully saturated rings. The quantitative estimate of drug-likeness (QED) is 0.708. The average Bonchev–Trinajstić information content (AvgIpc) is 2.72. The molecule has 0 amide bonds. The summed E-state index contributed by atoms with van der Waals surface area (Å²) < 4.78 is 4.97. The Bertz CT molecular complexity index is 646. The summed E-state index contributed by atoms with van der Waals surface area (Å²) >= 11 is 0. The SMILES string of the molecule is CCOC(=O)C1=Cc2ncnc3ncnc1c23. The van der Waals surface area contributed by atoms with Crippen LogP contribution < -0.4 is 0 Å². The van der Waals surface area contributed by atoms with E-state index >= 15 is 0 Å². The molecule has 1 aliphatic carbocycles. The molecule has 0 saturated carbocycles. The minimum Gasteiger partial charge on any atom is -0.462 e. The molecule has 0 N–H and O–H groups in total. The van der Waals surface area contributed by atoms with Crippen molar-refractivity contribution < 1.29 is 9.53 Å². The molecule has 0 bridgehead atoms. The van der Waals surface area contributed by atoms with E-state index in [2.05, 4.69) is 19.9 Å². The first kappa shape index (κ1) is 9.83. The van der Waals surface area contributed by atoms with Crippen molar-refractivity contribution in [1.29, 1.82) is 0 Å². The van der Waals surface area contributed by atoms with Gasteiger partial charge in [-0.15, -0.1) is 0 Å². The highest BCUT2D eigenvalue weighted by Crippen LogP contribution is 2.32. The molecule has 17 heavy (non-hydrogen) atoms. The molecular formula is C11H8N4O2. The monoisotopic (exact) mass is 228 g/mol. The van der Waals surface area contributed by atoms with Crippen LogP contribution in [0.15, 0.2) is 12.7 Å². The highest BCUT2D eigenvalue weighted by molar-refractivity contribution is 6.27. The number of hydrogen-bond donors (Lipinski definition) is 0. The number of nitrogens with zero attached hydrogens (tertiary/aromatic N) is 4. The van der Waals surface area contributed by atoms with Crippen molar-refractivity contribution in [2.24, 2.45) is 0 Å². The molecule has 0 atom stereocenters. The first-order valence-corrected chi connectivity index (χ1v) is 5.16. The van der Waals surface area contributed by atoms with Gasteiger partial charge in [0.15, 0.2) is 5.65 Å². The van der Waals surface area contributed by atoms with E-state index in [1.54, 1.807) is 13.0 Å². The Morgan fingerprint density at radius 3 is 2.76 bits per heavy atom. The molecule has 0 aliphatic heterocycles. The van der Waals surface area contributed by atoms with Gasteiger partial charge in [-0.1, -0.05) is 0 Å². The fourth-order valence-electron chi connectivity index (χ4n) is 1.80. The molecule has 84 valence electrons. The van der Waals surface area contributed by atoms with Crippen LogP contribution in [-0.2, 0) is 9.53 Å². The van der Waals surface area contributed by atoms with Gasteiger partial charge in [-0.05, 0) is 13.0 Å². The predicted molar refractivity (Wildman–Crippen MR) is 59.6 cm³/mol. The Balaban J connectivity index is 2.20. The Morgan fingerprint density at radius 2 is 2.00 bits per heavy atom. The lowest BCUT2D eigenvalue weighted by Crippen LogP contribution is -2.06. The first-order valence-electron chi connectivity index (χ1n) is 5.16. The number of carbonyl (C=O) groups is 1. The maximum atomic E-state index is 11.8. The smallest absolute Gasteiger partial charge is 0.340 e. The molecule has 0 radical (unpaired) electrons. The Labute approximate surface area is 96.4 Å². The van der Waals surface area contributed by atoms with Crippen LogP contribution in [0.1, 0.15) is 18.3 Å². The number of esters is 1. The Hall–Kier alpha value is -2.37. The third-order valence-electron chi connectivity index (χ3n) is 2.49. The highest BCUT2D eigenvalue weighted by atomic mass is 16.5. The zero-order valence-electron chi connectivity index (χ0n) is 9.04. The van der Waals surface area contributed by atoms with Gasteiger partial charge in [-0.25, -0.2) is 24.7 Å². The van der Waals surface area contributed by atoms with Crippen molar-refractivity contribution in [3.8, 4) is 0 Å². The molecule has 3 rings (SSSR count). The van der Waals surface area contributed by atoms with E-state index in [9.17, 15) is 4.79 Å². The zero-order chi connectivity index (χ0) is 11.8. The van der Waals surface area contributed by atoms with Crippen LogP contribution in [0.4, 0.5) is 0 Å². The van der Waals surface area contributed by atoms with Crippen LogP contribution >= 0.6 is 0 Å². The van der Waals surface area contributed by atoms with Gasteiger partial charge < -0.3 is 4.74 Å². The van der Waals surface area contributed by atoms with Crippen molar-refractivity contribution in [3.05, 3.63) is 24.0 Å². The number of carbonyl (C=O) groups excluding carboxylic acids is 1. The van der Waals surface area contributed by atoms with E-state index in [1.165, 1.54) is 12.7 Å². The van der Waals surface area contributed by atoms with Gasteiger partial charge in [0.2, 0.25) is 0 Å². The summed E-state index contributed by atoms with van der Waals surface area (Å²) in [4.78, 5) is 28.0. The molecular weight excluding hydrogens is 220 g/mol. The summed E-state index contributed by atoms with van der Waals surface area (Å²) in [6, 6.07) is 0. The molecule has 1 aliphatic rings. The molecule has 2 aromatic rings. The van der Waals surface area contributed by atoms with E-state index in [0.29, 0.717) is 34.6 Å². The van der Waals surface area contributed by atoms with E-state index in [1.807, 2.05) is 0 Å². The van der Waals surface area contributed by atoms with Gasteiger partial charge in [0.25, 0.3) is 0 Å². The summed E-state index contributed by atoms with van der Waals surface area (Å²) in [7, 11) is 0. The second-order valence-corrected chi connectivity index (χ2v) is 3.46. The fraction of sp³-hybridized carbons (Fsp3) is 0.182. The largest absolute Gasteiger partial charge is 0.462 e. The summed E-state index contributed by atoms with van der Waals surface area (Å²) in [6.07, 6.45) is 4.46. The topological polar surface area (TPSA) is 77.9 Å². The van der Waals surface area contributed by atoms with Gasteiger partial charge in [0, 0.05) is 0 Å². The van der Waals surface area contributed by atoms with Gasteiger partial charge in [-0.2, -0.15) is 0 Å². The van der Waals surface area contributed by atoms with Crippen LogP contribution in [-0.4, -0.2) is 32.5 Å². The van der Waals surface area contributed by atoms with Crippen molar-refractivity contribution in [3.63, 3.8) is 0 Å². The molecule has 0 spiro atoms. The lowest BCUT2D eigenvalue weighted by Gasteiger charge is -2.02. The summed E-state index contributed by atoms with van der Waals surface area (Å²) in [6.45, 7) is 2.09. The van der Waals surface area contributed by atoms with E-state index < -0.39 is 5.97 Å². The van der Waals surface area contributed by atoms with Gasteiger partial charge in [0.1, 0.15) is 12.7 Å². The van der Waals surface area contributed by atoms with E-state index in [0.717, 1.165) is 0 Å². The van der Waals surface area contributed by atoms with E-state index in [4.69, 9.17) is 4.74 Å². The molecule has 2 heterocycles. The number of rotatable bonds is 2. The molecule has 6 nitrogen and oxygen atoms in total. The normalized spacial score (nSPS) is 12.6. The summed E-state index contributed by atoms with van der Waals surface area (Å²) in [5.74, 6) is -0.398. The van der Waals surface area contributed by atoms with Gasteiger partial charge in [-0.3, -0.25) is 0 Å². The Kier molecular flexibility index (Phi) is 2.07. The lowest BCUT2D eigenvalue weighted by atomic mass is 10.2. The van der Waals surface area contributed by atoms with Crippen LogP contribution in [0.3, 0.4) is 0 Å². The molecule has 2 aromatic heterocycles. The van der Waals surface area contributed by atoms with Crippen LogP contribution in [0.2, 0.25) is 0 Å². The molecule has 0 unspecified atom stereocenters. The molecule has 0 aromatic carbocycles. The third-order valence-corrected chi connectivity index (χ3v) is 2.49. The average molecular weight is 228 g/mol. The van der Waals surface area contributed by atoms with Crippen molar-refractivity contribution in [2.45, 2.75) is 6.92 Å². The van der Waals surface area contributed by atoms with Crippen molar-refractivity contribution in [1.82, 2.24) is 19.9 Å². The zero-order valence-corrected chi connectivity index (χ0v) is 9.04. The lowest BCUT2D eigenvalue weighted by molar-refractivity contribution is -0.136. The Morgan fingerprint density at radius 1 is 1.24 bits per heavy atom. The highest BCUT2D eigenvalue weighted by Gasteiger charge is 2.25. The summed E-state index contributed by atoms with van der Waals surface area (Å²) in [5, 5.41) is 0.707. The maximum absolute atomic E-state index is 11.8. The fourth-order valence-corrected chi connectivity index (χ4v) is 1.80. The second kappa shape index (κ2) is 3.58. The molecule has 6 heteroatoms. The van der Waals surface area contributed by atoms with E-state index in [-0.39, 0.29) is 0 Å². The number of ether oxygens (including phenoxy) is 1. The predicted octanol–water partition coefficient (Wildman–Crippen LogP) is 0.837. The standard InChI is InChI=1S/C11H8N4O2/c1-2-17-11(16)6-3-7-8-9(6)13-5-15-10(8)14-4-12-7/h3-5H,2H2,1H3. The number of aromatic nitrogens is 4. The van der Waals surface area contributed by atoms with Crippen LogP contribution in [0.25, 0.3) is 22.7 Å².